The van der Waals surface area contributed by atoms with Crippen molar-refractivity contribution < 1.29 is 13.9 Å². The second-order valence-corrected chi connectivity index (χ2v) is 6.65. The molecule has 2 rings (SSSR count). The van der Waals surface area contributed by atoms with E-state index in [1.54, 1.807) is 20.2 Å². The third kappa shape index (κ3) is 6.71. The molecule has 0 radical (unpaired) electrons. The molecule has 1 aliphatic heterocycles. The van der Waals surface area contributed by atoms with Crippen molar-refractivity contribution >= 4 is 17.6 Å². The molecule has 27 heavy (non-hydrogen) atoms. The molecule has 0 spiro atoms. The number of guanidine groups is 1. The topological polar surface area (TPSA) is 78.0 Å². The van der Waals surface area contributed by atoms with Crippen LogP contribution in [0, 0.1) is 12.7 Å². The third-order valence-electron chi connectivity index (χ3n) is 4.47. The van der Waals surface area contributed by atoms with Gasteiger partial charge in [0, 0.05) is 39.8 Å². The van der Waals surface area contributed by atoms with Gasteiger partial charge in [-0.15, -0.1) is 0 Å². The normalized spacial score (nSPS) is 17.6. The molecule has 0 bridgehead atoms. The Hall–Kier alpha value is -2.35. The molecule has 8 heteroatoms. The number of aliphatic imine (C=N–C) groups is 1. The van der Waals surface area contributed by atoms with Gasteiger partial charge in [0.1, 0.15) is 5.82 Å². The third-order valence-corrected chi connectivity index (χ3v) is 4.47. The highest BCUT2D eigenvalue weighted by Crippen LogP contribution is 2.24. The summed E-state index contributed by atoms with van der Waals surface area (Å²) in [5.41, 5.74) is 1.68. The Bertz CT molecular complexity index is 653. The summed E-state index contributed by atoms with van der Waals surface area (Å²) in [7, 11) is 3.26. The predicted octanol–water partition coefficient (Wildman–Crippen LogP) is 1.03. The summed E-state index contributed by atoms with van der Waals surface area (Å²) in [6, 6.07) is 5.31. The fraction of sp³-hybridized carbons (Fsp3) is 0.579. The minimum absolute atomic E-state index is 0.123. The Morgan fingerprint density at radius 1 is 1.41 bits per heavy atom. The van der Waals surface area contributed by atoms with Gasteiger partial charge in [0.2, 0.25) is 5.91 Å². The number of carbonyl (C=O) groups is 1. The first kappa shape index (κ1) is 21.0. The van der Waals surface area contributed by atoms with Gasteiger partial charge in [-0.05, 0) is 37.5 Å². The molecule has 7 nitrogen and oxygen atoms in total. The number of halogens is 1. The van der Waals surface area contributed by atoms with Gasteiger partial charge in [0.15, 0.2) is 5.96 Å². The van der Waals surface area contributed by atoms with Crippen LogP contribution in [-0.4, -0.2) is 64.9 Å². The van der Waals surface area contributed by atoms with Crippen LogP contribution in [0.2, 0.25) is 0 Å². The van der Waals surface area contributed by atoms with Crippen molar-refractivity contribution in [3.8, 4) is 0 Å². The van der Waals surface area contributed by atoms with E-state index in [4.69, 9.17) is 4.74 Å². The van der Waals surface area contributed by atoms with E-state index < -0.39 is 0 Å². The van der Waals surface area contributed by atoms with Crippen molar-refractivity contribution in [3.05, 3.63) is 29.6 Å². The van der Waals surface area contributed by atoms with E-state index in [1.807, 2.05) is 13.0 Å². The summed E-state index contributed by atoms with van der Waals surface area (Å²) in [5, 5.41) is 9.09. The lowest BCUT2D eigenvalue weighted by atomic mass is 10.0. The minimum atomic E-state index is -0.198. The summed E-state index contributed by atoms with van der Waals surface area (Å²) in [6.45, 7) is 4.56. The Kier molecular flexibility index (Phi) is 8.32. The number of piperidine rings is 1. The first-order chi connectivity index (χ1) is 13.0. The average molecular weight is 379 g/mol. The van der Waals surface area contributed by atoms with Crippen LogP contribution in [0.1, 0.15) is 18.4 Å². The molecule has 0 aliphatic carbocycles. The van der Waals surface area contributed by atoms with Crippen LogP contribution in [0.25, 0.3) is 0 Å². The number of hydrogen-bond donors (Lipinski definition) is 3. The molecule has 1 amide bonds. The van der Waals surface area contributed by atoms with Crippen LogP contribution in [0.15, 0.2) is 23.2 Å². The molecule has 1 atom stereocenters. The number of benzene rings is 1. The van der Waals surface area contributed by atoms with Crippen molar-refractivity contribution in [2.45, 2.75) is 25.8 Å². The molecule has 1 unspecified atom stereocenters. The maximum absolute atomic E-state index is 14.2. The number of aryl methyl sites for hydroxylation is 1. The van der Waals surface area contributed by atoms with Gasteiger partial charge in [0.05, 0.1) is 18.8 Å². The summed E-state index contributed by atoms with van der Waals surface area (Å²) in [6.07, 6.45) is 1.92. The van der Waals surface area contributed by atoms with Crippen LogP contribution < -0.4 is 20.9 Å². The number of carbonyl (C=O) groups excluding carboxylic acids is 1. The van der Waals surface area contributed by atoms with Crippen LogP contribution in [0.4, 0.5) is 10.1 Å². The van der Waals surface area contributed by atoms with E-state index in [0.29, 0.717) is 31.3 Å². The van der Waals surface area contributed by atoms with E-state index in [2.05, 4.69) is 25.8 Å². The number of rotatable bonds is 7. The van der Waals surface area contributed by atoms with Gasteiger partial charge < -0.3 is 25.6 Å². The number of nitrogens with zero attached hydrogens (tertiary/aromatic N) is 2. The lowest BCUT2D eigenvalue weighted by Gasteiger charge is -2.35. The fourth-order valence-corrected chi connectivity index (χ4v) is 3.09. The van der Waals surface area contributed by atoms with Crippen molar-refractivity contribution in [3.63, 3.8) is 0 Å². The number of ether oxygens (including phenoxy) is 1. The van der Waals surface area contributed by atoms with Crippen LogP contribution >= 0.6 is 0 Å². The highest BCUT2D eigenvalue weighted by Gasteiger charge is 2.23. The molecule has 3 N–H and O–H groups in total. The zero-order valence-corrected chi connectivity index (χ0v) is 16.3. The molecular formula is C19H30FN5O2. The SMILES string of the molecule is CN=C(NCC(=O)NCCOC)NC1CCCN(c2cc(C)ccc2F)C1. The Labute approximate surface area is 160 Å². The average Bonchev–Trinajstić information content (AvgIpc) is 2.67. The van der Waals surface area contributed by atoms with Crippen LogP contribution in [0.3, 0.4) is 0 Å². The van der Waals surface area contributed by atoms with Gasteiger partial charge in [-0.3, -0.25) is 9.79 Å². The summed E-state index contributed by atoms with van der Waals surface area (Å²) < 4.78 is 19.1. The number of anilines is 1. The molecule has 1 aromatic rings. The van der Waals surface area contributed by atoms with Gasteiger partial charge in [-0.2, -0.15) is 0 Å². The van der Waals surface area contributed by atoms with Crippen molar-refractivity contribution in [1.29, 1.82) is 0 Å². The van der Waals surface area contributed by atoms with E-state index in [9.17, 15) is 9.18 Å². The standard InChI is InChI=1S/C19H30FN5O2/c1-14-6-7-16(20)17(11-14)25-9-4-5-15(13-25)24-19(21-2)23-12-18(26)22-8-10-27-3/h6-7,11,15H,4-5,8-10,12-13H2,1-3H3,(H,22,26)(H2,21,23,24). The monoisotopic (exact) mass is 379 g/mol. The van der Waals surface area contributed by atoms with E-state index in [-0.39, 0.29) is 24.3 Å². The van der Waals surface area contributed by atoms with Gasteiger partial charge in [-0.1, -0.05) is 6.07 Å². The first-order valence-electron chi connectivity index (χ1n) is 9.27. The molecule has 1 heterocycles. The highest BCUT2D eigenvalue weighted by molar-refractivity contribution is 5.86. The molecule has 1 fully saturated rings. The smallest absolute Gasteiger partial charge is 0.239 e. The molecule has 0 saturated carbocycles. The molecule has 1 saturated heterocycles. The summed E-state index contributed by atoms with van der Waals surface area (Å²) in [5.74, 6) is 0.243. The Balaban J connectivity index is 1.86. The number of nitrogens with one attached hydrogen (secondary N) is 3. The predicted molar refractivity (Wildman–Crippen MR) is 106 cm³/mol. The molecule has 0 aromatic heterocycles. The summed E-state index contributed by atoms with van der Waals surface area (Å²) in [4.78, 5) is 18.0. The van der Waals surface area contributed by atoms with Gasteiger partial charge >= 0.3 is 0 Å². The molecule has 1 aliphatic rings. The van der Waals surface area contributed by atoms with E-state index in [1.165, 1.54) is 6.07 Å². The second kappa shape index (κ2) is 10.7. The van der Waals surface area contributed by atoms with Crippen LogP contribution in [0.5, 0.6) is 0 Å². The van der Waals surface area contributed by atoms with Crippen molar-refractivity contribution in [1.82, 2.24) is 16.0 Å². The fourth-order valence-electron chi connectivity index (χ4n) is 3.09. The first-order valence-corrected chi connectivity index (χ1v) is 9.27. The van der Waals surface area contributed by atoms with E-state index >= 15 is 0 Å². The minimum Gasteiger partial charge on any atom is -0.383 e. The number of methoxy groups -OCH3 is 1. The van der Waals surface area contributed by atoms with Crippen LogP contribution in [-0.2, 0) is 9.53 Å². The Morgan fingerprint density at radius 3 is 2.96 bits per heavy atom. The van der Waals surface area contributed by atoms with Crippen molar-refractivity contribution in [2.75, 3.05) is 51.8 Å². The largest absolute Gasteiger partial charge is 0.383 e. The van der Waals surface area contributed by atoms with E-state index in [0.717, 1.165) is 24.9 Å². The van der Waals surface area contributed by atoms with Gasteiger partial charge in [0.25, 0.3) is 0 Å². The number of amides is 1. The quantitative estimate of drug-likeness (QED) is 0.375. The molecular weight excluding hydrogens is 349 g/mol. The van der Waals surface area contributed by atoms with Gasteiger partial charge in [-0.25, -0.2) is 4.39 Å². The Morgan fingerprint density at radius 2 is 2.22 bits per heavy atom. The molecule has 150 valence electrons. The maximum atomic E-state index is 14.2. The van der Waals surface area contributed by atoms with Crippen molar-refractivity contribution in [2.24, 2.45) is 4.99 Å². The zero-order chi connectivity index (χ0) is 19.6. The maximum Gasteiger partial charge on any atom is 0.239 e. The summed E-state index contributed by atoms with van der Waals surface area (Å²) >= 11 is 0. The zero-order valence-electron chi connectivity index (χ0n) is 16.3. The number of hydrogen-bond acceptors (Lipinski definition) is 4. The lowest BCUT2D eigenvalue weighted by Crippen LogP contribution is -2.52. The lowest BCUT2D eigenvalue weighted by molar-refractivity contribution is -0.120. The molecule has 1 aromatic carbocycles. The second-order valence-electron chi connectivity index (χ2n) is 6.65. The highest BCUT2D eigenvalue weighted by atomic mass is 19.1.